The molecule has 0 amide bonds. The molecule has 0 aliphatic heterocycles. The summed E-state index contributed by atoms with van der Waals surface area (Å²) in [6.07, 6.45) is -7.83. The zero-order valence-corrected chi connectivity index (χ0v) is 22.2. The van der Waals surface area contributed by atoms with Crippen LogP contribution in [0.1, 0.15) is 31.9 Å². The molecule has 1 rings (SSSR count). The molecule has 1 unspecified atom stereocenters. The highest BCUT2D eigenvalue weighted by atomic mass is 28.4. The number of benzene rings is 1. The summed E-state index contributed by atoms with van der Waals surface area (Å²) < 4.78 is 252. The second-order valence-electron chi connectivity index (χ2n) is 8.31. The maximum absolute atomic E-state index is 15.6. The van der Waals surface area contributed by atoms with Crippen LogP contribution in [-0.2, 0) is 13.3 Å². The smallest absolute Gasteiger partial charge is 0.373 e. The average molecular weight is 672 g/mol. The second kappa shape index (κ2) is 11.9. The third kappa shape index (κ3) is 5.57. The Kier molecular flexibility index (Phi) is 10.8. The monoisotopic (exact) mass is 672 g/mol. The van der Waals surface area contributed by atoms with Crippen LogP contribution in [-0.4, -0.2) is 76.3 Å². The van der Waals surface area contributed by atoms with Crippen LogP contribution in [0.5, 0.6) is 0 Å². The second-order valence-corrected chi connectivity index (χ2v) is 11.0. The van der Waals surface area contributed by atoms with E-state index in [0.717, 1.165) is 39.0 Å². The Morgan fingerprint density at radius 3 is 1.12 bits per heavy atom. The summed E-state index contributed by atoms with van der Waals surface area (Å²) in [7, 11) is -5.60. The summed E-state index contributed by atoms with van der Waals surface area (Å²) in [5.74, 6) is -57.4. The van der Waals surface area contributed by atoms with Gasteiger partial charge in [-0.15, -0.1) is 0 Å². The Hall–Kier alpha value is -1.87. The number of rotatable bonds is 15. The molecule has 1 atom stereocenters. The van der Waals surface area contributed by atoms with Crippen molar-refractivity contribution in [2.45, 2.75) is 73.9 Å². The molecule has 0 saturated carbocycles. The maximum atomic E-state index is 15.6. The van der Waals surface area contributed by atoms with Gasteiger partial charge in [0.1, 0.15) is 5.54 Å². The summed E-state index contributed by atoms with van der Waals surface area (Å²) in [5, 5.41) is 0. The summed E-state index contributed by atoms with van der Waals surface area (Å²) in [6, 6.07) is 3.71. The molecule has 1 aromatic rings. The molecule has 0 N–H and O–H groups in total. The van der Waals surface area contributed by atoms with Crippen LogP contribution < -0.4 is 0 Å². The molecule has 0 radical (unpaired) electrons. The summed E-state index contributed by atoms with van der Waals surface area (Å²) >= 11 is 0. The molecule has 0 spiro atoms. The van der Waals surface area contributed by atoms with Gasteiger partial charge in [0, 0.05) is 19.8 Å². The minimum atomic E-state index is -8.72. The minimum Gasteiger partial charge on any atom is -0.373 e. The fourth-order valence-corrected chi connectivity index (χ4v) is 6.80. The van der Waals surface area contributed by atoms with Gasteiger partial charge in [0.25, 0.3) is 0 Å². The van der Waals surface area contributed by atoms with Gasteiger partial charge in [0.15, 0.2) is 0 Å². The van der Waals surface area contributed by atoms with E-state index in [1.54, 1.807) is 0 Å². The molecule has 3 nitrogen and oxygen atoms in total. The van der Waals surface area contributed by atoms with Gasteiger partial charge in [-0.2, -0.15) is 74.6 Å². The van der Waals surface area contributed by atoms with E-state index in [0.29, 0.717) is 12.1 Å². The van der Waals surface area contributed by atoms with Crippen LogP contribution >= 0.6 is 0 Å². The Morgan fingerprint density at radius 1 is 0.500 bits per heavy atom. The minimum absolute atomic E-state index is 0.510. The highest BCUT2D eigenvalue weighted by molar-refractivity contribution is 6.62. The van der Waals surface area contributed by atoms with Crippen LogP contribution in [0.15, 0.2) is 30.3 Å². The van der Waals surface area contributed by atoms with Crippen LogP contribution in [0, 0.1) is 0 Å². The molecular formula is C21H21F17O3Si. The first-order valence-corrected chi connectivity index (χ1v) is 13.1. The molecule has 0 fully saturated rings. The maximum Gasteiger partial charge on any atom is 0.515 e. The molecule has 1 aromatic carbocycles. The Balaban J connectivity index is 4.07. The molecule has 246 valence electrons. The molecule has 0 aliphatic carbocycles. The van der Waals surface area contributed by atoms with Gasteiger partial charge < -0.3 is 13.3 Å². The fourth-order valence-electron chi connectivity index (χ4n) is 3.62. The molecule has 0 saturated heterocycles. The van der Waals surface area contributed by atoms with Crippen molar-refractivity contribution in [3.8, 4) is 0 Å². The van der Waals surface area contributed by atoms with Gasteiger partial charge in [-0.25, -0.2) is 0 Å². The van der Waals surface area contributed by atoms with Gasteiger partial charge in [0.05, 0.1) is 0 Å². The third-order valence-electron chi connectivity index (χ3n) is 5.63. The molecule has 0 aromatic heterocycles. The Morgan fingerprint density at radius 2 is 0.810 bits per heavy atom. The van der Waals surface area contributed by atoms with Gasteiger partial charge in [0.2, 0.25) is 0 Å². The lowest BCUT2D eigenvalue weighted by molar-refractivity contribution is -0.462. The summed E-state index contributed by atoms with van der Waals surface area (Å²) in [5.41, 5.74) is -4.88. The van der Waals surface area contributed by atoms with E-state index in [-0.39, 0.29) is 0 Å². The number of alkyl halides is 17. The normalized spacial score (nSPS) is 16.1. The van der Waals surface area contributed by atoms with Crippen molar-refractivity contribution in [3.63, 3.8) is 0 Å². The van der Waals surface area contributed by atoms with Crippen molar-refractivity contribution in [1.29, 1.82) is 0 Å². The van der Waals surface area contributed by atoms with Crippen LogP contribution in [0.25, 0.3) is 0 Å². The van der Waals surface area contributed by atoms with Crippen molar-refractivity contribution < 1.29 is 87.9 Å². The third-order valence-corrected chi connectivity index (χ3v) is 9.11. The summed E-state index contributed by atoms with van der Waals surface area (Å²) in [6.45, 7) is 0.765. The van der Waals surface area contributed by atoms with Crippen LogP contribution in [0.4, 0.5) is 74.6 Å². The Bertz CT molecular complexity index is 1010. The largest absolute Gasteiger partial charge is 0.515 e. The first-order valence-electron chi connectivity index (χ1n) is 11.3. The summed E-state index contributed by atoms with van der Waals surface area (Å²) in [4.78, 5) is 0. The lowest BCUT2D eigenvalue weighted by Gasteiger charge is -2.46. The van der Waals surface area contributed by atoms with Crippen LogP contribution in [0.2, 0.25) is 0 Å². The molecular weight excluding hydrogens is 651 g/mol. The lowest BCUT2D eigenvalue weighted by Crippen LogP contribution is -2.75. The number of halogens is 17. The van der Waals surface area contributed by atoms with Gasteiger partial charge >= 0.3 is 56.4 Å². The SMILES string of the molecule is CCO[Si](OCC)(OCC)C(c1ccccc1)C(F)(F)C(F)(F)C(F)(F)C(F)(F)C(F)(F)C(F)(F)C(F)(F)C(F)(F)F. The van der Waals surface area contributed by atoms with Gasteiger partial charge in [-0.3, -0.25) is 0 Å². The van der Waals surface area contributed by atoms with E-state index in [1.807, 2.05) is 0 Å². The highest BCUT2D eigenvalue weighted by Crippen LogP contribution is 2.65. The quantitative estimate of drug-likeness (QED) is 0.139. The van der Waals surface area contributed by atoms with E-state index in [2.05, 4.69) is 0 Å². The van der Waals surface area contributed by atoms with Crippen molar-refractivity contribution >= 4 is 8.80 Å². The van der Waals surface area contributed by atoms with Crippen LogP contribution in [0.3, 0.4) is 0 Å². The van der Waals surface area contributed by atoms with Crippen molar-refractivity contribution in [3.05, 3.63) is 35.9 Å². The van der Waals surface area contributed by atoms with Gasteiger partial charge in [-0.05, 0) is 26.3 Å². The number of hydrogen-bond acceptors (Lipinski definition) is 3. The molecule has 0 heterocycles. The molecule has 0 bridgehead atoms. The van der Waals surface area contributed by atoms with Crippen molar-refractivity contribution in [2.24, 2.45) is 0 Å². The van der Waals surface area contributed by atoms with E-state index in [9.17, 15) is 65.9 Å². The predicted octanol–water partition coefficient (Wildman–Crippen LogP) is 8.37. The van der Waals surface area contributed by atoms with E-state index < -0.39 is 87.4 Å². The van der Waals surface area contributed by atoms with Crippen molar-refractivity contribution in [2.75, 3.05) is 19.8 Å². The standard InChI is InChI=1S/C21H21F17O3Si/c1-4-39-42(40-5-2,41-6-3)13(12-10-8-7-9-11-12)14(22,23)15(24,25)16(26,27)17(28,29)18(30,31)19(32,33)20(34,35)21(36,37)38/h7-11,13H,4-6H2,1-3H3. The zero-order valence-electron chi connectivity index (χ0n) is 21.2. The lowest BCUT2D eigenvalue weighted by atomic mass is 9.87. The predicted molar refractivity (Wildman–Crippen MR) is 110 cm³/mol. The topological polar surface area (TPSA) is 27.7 Å². The van der Waals surface area contributed by atoms with E-state index in [4.69, 9.17) is 13.3 Å². The zero-order chi connectivity index (χ0) is 33.4. The van der Waals surface area contributed by atoms with Crippen molar-refractivity contribution in [1.82, 2.24) is 0 Å². The van der Waals surface area contributed by atoms with Gasteiger partial charge in [-0.1, -0.05) is 30.3 Å². The average Bonchev–Trinajstić information content (AvgIpc) is 2.83. The Labute approximate surface area is 227 Å². The fraction of sp³-hybridized carbons (Fsp3) is 0.714. The number of hydrogen-bond donors (Lipinski definition) is 0. The van der Waals surface area contributed by atoms with E-state index in [1.165, 1.54) is 0 Å². The molecule has 21 heteroatoms. The molecule has 0 aliphatic rings. The first-order chi connectivity index (χ1) is 18.7. The molecule has 42 heavy (non-hydrogen) atoms. The first kappa shape index (κ1) is 38.2. The van der Waals surface area contributed by atoms with E-state index >= 15 is 8.78 Å². The highest BCUT2D eigenvalue weighted by Gasteiger charge is 2.96.